The van der Waals surface area contributed by atoms with E-state index >= 15 is 0 Å². The number of rotatable bonds is 12. The van der Waals surface area contributed by atoms with Gasteiger partial charge in [0.05, 0.1) is 0 Å². The Morgan fingerprint density at radius 2 is 1.00 bits per heavy atom. The molecular formula is C16H30. The van der Waals surface area contributed by atoms with Crippen LogP contribution in [-0.4, -0.2) is 0 Å². The van der Waals surface area contributed by atoms with Crippen LogP contribution in [0.2, 0.25) is 0 Å². The van der Waals surface area contributed by atoms with E-state index in [4.69, 9.17) is 0 Å². The predicted molar refractivity (Wildman–Crippen MR) is 75.3 cm³/mol. The zero-order chi connectivity index (χ0) is 11.9. The Morgan fingerprint density at radius 1 is 0.500 bits per heavy atom. The highest BCUT2D eigenvalue weighted by Gasteiger charge is 1.90. The normalized spacial score (nSPS) is 11.4. The van der Waals surface area contributed by atoms with Gasteiger partial charge in [-0.15, -0.1) is 0 Å². The minimum absolute atomic E-state index is 1.03. The zero-order valence-electron chi connectivity index (χ0n) is 11.1. The van der Waals surface area contributed by atoms with Crippen molar-refractivity contribution in [1.82, 2.24) is 0 Å². The number of hydrogen-bond donors (Lipinski definition) is 0. The van der Waals surface area contributed by atoms with E-state index in [1.807, 2.05) is 0 Å². The minimum atomic E-state index is 1.03. The number of allylic oxidation sites excluding steroid dienone is 2. The highest BCUT2D eigenvalue weighted by atomic mass is 14.0. The molecule has 0 amide bonds. The average molecular weight is 222 g/mol. The standard InChI is InChI=1S/C16H30/c1-3-5-7-9-11-13-15-16-14-12-10-8-6-4-2/h7,9H,1-6,8,10-16H2/b9-7+. The third kappa shape index (κ3) is 13.7. The molecule has 0 aromatic rings. The zero-order valence-corrected chi connectivity index (χ0v) is 11.1. The third-order valence-electron chi connectivity index (χ3n) is 2.91. The summed E-state index contributed by atoms with van der Waals surface area (Å²) >= 11 is 0. The van der Waals surface area contributed by atoms with Crippen LogP contribution in [0.1, 0.15) is 77.0 Å². The maximum absolute atomic E-state index is 3.86. The molecule has 0 aromatic carbocycles. The molecule has 0 nitrogen and oxygen atoms in total. The van der Waals surface area contributed by atoms with Crippen molar-refractivity contribution in [2.75, 3.05) is 0 Å². The first kappa shape index (κ1) is 15.7. The number of unbranched alkanes of at least 4 members (excludes halogenated alkanes) is 10. The summed E-state index contributed by atoms with van der Waals surface area (Å²) in [6, 6.07) is 0. The van der Waals surface area contributed by atoms with Gasteiger partial charge in [-0.25, -0.2) is 0 Å². The maximum atomic E-state index is 3.86. The molecule has 16 heavy (non-hydrogen) atoms. The van der Waals surface area contributed by atoms with Crippen LogP contribution in [0.25, 0.3) is 0 Å². The van der Waals surface area contributed by atoms with Crippen LogP contribution in [0.3, 0.4) is 0 Å². The first-order chi connectivity index (χ1) is 7.91. The van der Waals surface area contributed by atoms with Crippen molar-refractivity contribution in [3.05, 3.63) is 26.0 Å². The molecule has 2 radical (unpaired) electrons. The molecule has 0 aromatic heterocycles. The minimum Gasteiger partial charge on any atom is -0.0885 e. The summed E-state index contributed by atoms with van der Waals surface area (Å²) < 4.78 is 0. The summed E-state index contributed by atoms with van der Waals surface area (Å²) in [6.45, 7) is 7.68. The second-order valence-corrected chi connectivity index (χ2v) is 4.58. The van der Waals surface area contributed by atoms with E-state index in [1.54, 1.807) is 0 Å². The van der Waals surface area contributed by atoms with Crippen molar-refractivity contribution in [3.63, 3.8) is 0 Å². The van der Waals surface area contributed by atoms with Crippen molar-refractivity contribution in [2.45, 2.75) is 77.0 Å². The predicted octanol–water partition coefficient (Wildman–Crippen LogP) is 5.89. The van der Waals surface area contributed by atoms with Crippen LogP contribution in [0.4, 0.5) is 0 Å². The monoisotopic (exact) mass is 222 g/mol. The van der Waals surface area contributed by atoms with Gasteiger partial charge in [0, 0.05) is 0 Å². The molecule has 0 saturated carbocycles. The fraction of sp³-hybridized carbons (Fsp3) is 0.750. The Morgan fingerprint density at radius 3 is 1.56 bits per heavy atom. The van der Waals surface area contributed by atoms with Crippen molar-refractivity contribution in [1.29, 1.82) is 0 Å². The molecule has 0 aliphatic rings. The van der Waals surface area contributed by atoms with E-state index in [2.05, 4.69) is 26.0 Å². The molecule has 0 heterocycles. The lowest BCUT2D eigenvalue weighted by molar-refractivity contribution is 0.571. The second-order valence-electron chi connectivity index (χ2n) is 4.58. The molecule has 0 aliphatic heterocycles. The molecule has 0 atom stereocenters. The van der Waals surface area contributed by atoms with Gasteiger partial charge in [-0.2, -0.15) is 0 Å². The lowest BCUT2D eigenvalue weighted by Gasteiger charge is -2.00. The Hall–Kier alpha value is -0.260. The molecule has 0 heteroatoms. The summed E-state index contributed by atoms with van der Waals surface area (Å²) in [5.41, 5.74) is 0. The van der Waals surface area contributed by atoms with Crippen molar-refractivity contribution < 1.29 is 0 Å². The quantitative estimate of drug-likeness (QED) is 0.285. The first-order valence-corrected chi connectivity index (χ1v) is 7.15. The summed E-state index contributed by atoms with van der Waals surface area (Å²) in [6.07, 6.45) is 20.3. The Kier molecular flexibility index (Phi) is 14.5. The van der Waals surface area contributed by atoms with E-state index in [9.17, 15) is 0 Å². The van der Waals surface area contributed by atoms with Crippen LogP contribution < -0.4 is 0 Å². The molecule has 0 saturated heterocycles. The Balaban J connectivity index is 2.93. The first-order valence-electron chi connectivity index (χ1n) is 7.15. The maximum Gasteiger partial charge on any atom is -0.0351 e. The van der Waals surface area contributed by atoms with E-state index in [-0.39, 0.29) is 0 Å². The molecule has 0 fully saturated rings. The summed E-state index contributed by atoms with van der Waals surface area (Å²) in [5, 5.41) is 0. The van der Waals surface area contributed by atoms with Gasteiger partial charge in [0.15, 0.2) is 0 Å². The van der Waals surface area contributed by atoms with Crippen LogP contribution in [0.15, 0.2) is 12.2 Å². The third-order valence-corrected chi connectivity index (χ3v) is 2.91. The van der Waals surface area contributed by atoms with Crippen LogP contribution in [0.5, 0.6) is 0 Å². The SMILES string of the molecule is [CH2]CC/C=C/CCCCCCCCCC[CH2]. The molecular weight excluding hydrogens is 192 g/mol. The largest absolute Gasteiger partial charge is 0.0885 e. The average Bonchev–Trinajstić information content (AvgIpc) is 2.31. The fourth-order valence-electron chi connectivity index (χ4n) is 1.85. The van der Waals surface area contributed by atoms with E-state index < -0.39 is 0 Å². The highest BCUT2D eigenvalue weighted by Crippen LogP contribution is 2.10. The van der Waals surface area contributed by atoms with Gasteiger partial charge in [-0.05, 0) is 25.7 Å². The van der Waals surface area contributed by atoms with Gasteiger partial charge in [-0.3, -0.25) is 0 Å². The van der Waals surface area contributed by atoms with Crippen LogP contribution in [-0.2, 0) is 0 Å². The molecule has 0 bridgehead atoms. The van der Waals surface area contributed by atoms with E-state index in [0.29, 0.717) is 0 Å². The Bertz CT molecular complexity index is 135. The number of hydrogen-bond acceptors (Lipinski definition) is 0. The lowest BCUT2D eigenvalue weighted by atomic mass is 10.1. The van der Waals surface area contributed by atoms with Crippen molar-refractivity contribution in [2.24, 2.45) is 0 Å². The van der Waals surface area contributed by atoms with Crippen molar-refractivity contribution in [3.8, 4) is 0 Å². The van der Waals surface area contributed by atoms with Crippen LogP contribution >= 0.6 is 0 Å². The van der Waals surface area contributed by atoms with E-state index in [1.165, 1.54) is 57.8 Å². The Labute approximate surface area is 104 Å². The highest BCUT2D eigenvalue weighted by molar-refractivity contribution is 4.81. The summed E-state index contributed by atoms with van der Waals surface area (Å²) in [4.78, 5) is 0. The van der Waals surface area contributed by atoms with Gasteiger partial charge >= 0.3 is 0 Å². The van der Waals surface area contributed by atoms with Crippen molar-refractivity contribution >= 4 is 0 Å². The van der Waals surface area contributed by atoms with Gasteiger partial charge in [0.1, 0.15) is 0 Å². The fourth-order valence-corrected chi connectivity index (χ4v) is 1.85. The molecule has 0 spiro atoms. The summed E-state index contributed by atoms with van der Waals surface area (Å²) in [5.74, 6) is 0. The molecule has 94 valence electrons. The van der Waals surface area contributed by atoms with E-state index in [0.717, 1.165) is 19.3 Å². The molecule has 0 N–H and O–H groups in total. The lowest BCUT2D eigenvalue weighted by Crippen LogP contribution is -1.80. The van der Waals surface area contributed by atoms with Gasteiger partial charge < -0.3 is 0 Å². The molecule has 0 unspecified atom stereocenters. The van der Waals surface area contributed by atoms with Gasteiger partial charge in [0.2, 0.25) is 0 Å². The topological polar surface area (TPSA) is 0 Å². The molecule has 0 aliphatic carbocycles. The summed E-state index contributed by atoms with van der Waals surface area (Å²) in [7, 11) is 0. The molecule has 0 rings (SSSR count). The smallest absolute Gasteiger partial charge is 0.0351 e. The van der Waals surface area contributed by atoms with Gasteiger partial charge in [0.25, 0.3) is 0 Å². The van der Waals surface area contributed by atoms with Crippen LogP contribution in [0, 0.1) is 13.8 Å². The second kappa shape index (κ2) is 14.7. The van der Waals surface area contributed by atoms with Gasteiger partial charge in [-0.1, -0.05) is 77.4 Å².